The molecule has 136 valence electrons. The molecule has 3 aromatic rings. The lowest BCUT2D eigenvalue weighted by atomic mass is 9.74. The smallest absolute Gasteiger partial charge is 0.262 e. The van der Waals surface area contributed by atoms with Crippen LogP contribution >= 0.6 is 0 Å². The molecule has 1 aliphatic carbocycles. The van der Waals surface area contributed by atoms with E-state index in [9.17, 15) is 9.59 Å². The molecule has 4 rings (SSSR count). The van der Waals surface area contributed by atoms with Crippen molar-refractivity contribution in [1.82, 2.24) is 15.3 Å². The molecule has 0 aromatic carbocycles. The van der Waals surface area contributed by atoms with Crippen molar-refractivity contribution in [2.75, 3.05) is 0 Å². The van der Waals surface area contributed by atoms with Crippen LogP contribution in [0.5, 0.6) is 0 Å². The normalized spacial score (nSPS) is 18.7. The summed E-state index contributed by atoms with van der Waals surface area (Å²) in [4.78, 5) is 31.7. The predicted octanol–water partition coefficient (Wildman–Crippen LogP) is 3.17. The van der Waals surface area contributed by atoms with E-state index in [2.05, 4.69) is 29.1 Å². The van der Waals surface area contributed by atoms with Gasteiger partial charge in [-0.15, -0.1) is 0 Å². The van der Waals surface area contributed by atoms with Crippen LogP contribution in [0, 0.1) is 19.3 Å². The molecule has 3 heterocycles. The molecular formula is C19H21N3O4. The van der Waals surface area contributed by atoms with Gasteiger partial charge in [0.25, 0.3) is 11.5 Å². The summed E-state index contributed by atoms with van der Waals surface area (Å²) in [6.07, 6.45) is 2.88. The van der Waals surface area contributed by atoms with Gasteiger partial charge in [0, 0.05) is 12.0 Å². The average molecular weight is 355 g/mol. The van der Waals surface area contributed by atoms with Crippen molar-refractivity contribution in [2.24, 2.45) is 5.41 Å². The highest BCUT2D eigenvalue weighted by atomic mass is 16.3. The highest BCUT2D eigenvalue weighted by Gasteiger charge is 2.36. The quantitative estimate of drug-likeness (QED) is 0.735. The Kier molecular flexibility index (Phi) is 3.57. The lowest BCUT2D eigenvalue weighted by Gasteiger charge is -2.34. The number of aromatic nitrogens is 2. The van der Waals surface area contributed by atoms with Crippen LogP contribution in [-0.2, 0) is 6.42 Å². The summed E-state index contributed by atoms with van der Waals surface area (Å²) in [5.74, 6) is 1.78. The third kappa shape index (κ3) is 2.64. The molecule has 1 unspecified atom stereocenters. The van der Waals surface area contributed by atoms with Gasteiger partial charge in [0.2, 0.25) is 5.71 Å². The molecule has 0 aliphatic heterocycles. The highest BCUT2D eigenvalue weighted by Crippen LogP contribution is 2.42. The average Bonchev–Trinajstić information content (AvgIpc) is 3.05. The number of carbonyl (C=O) groups excluding carboxylic acids is 1. The molecule has 26 heavy (non-hydrogen) atoms. The third-order valence-electron chi connectivity index (χ3n) is 4.94. The van der Waals surface area contributed by atoms with Crippen molar-refractivity contribution in [1.29, 1.82) is 0 Å². The first-order valence-electron chi connectivity index (χ1n) is 8.62. The van der Waals surface area contributed by atoms with Crippen molar-refractivity contribution >= 4 is 17.0 Å². The minimum atomic E-state index is -0.388. The zero-order chi connectivity index (χ0) is 18.6. The van der Waals surface area contributed by atoms with E-state index >= 15 is 0 Å². The lowest BCUT2D eigenvalue weighted by molar-refractivity contribution is 0.0917. The first kappa shape index (κ1) is 16.6. The summed E-state index contributed by atoms with van der Waals surface area (Å²) in [6.45, 7) is 7.87. The number of amides is 1. The van der Waals surface area contributed by atoms with Gasteiger partial charge in [0.1, 0.15) is 22.7 Å². The van der Waals surface area contributed by atoms with Crippen LogP contribution in [0.1, 0.15) is 59.5 Å². The number of hydrogen-bond donors (Lipinski definition) is 2. The van der Waals surface area contributed by atoms with Crippen molar-refractivity contribution in [3.05, 3.63) is 51.2 Å². The van der Waals surface area contributed by atoms with Crippen molar-refractivity contribution < 1.29 is 13.6 Å². The van der Waals surface area contributed by atoms with Gasteiger partial charge < -0.3 is 19.1 Å². The molecule has 0 fully saturated rings. The zero-order valence-corrected chi connectivity index (χ0v) is 15.2. The van der Waals surface area contributed by atoms with Crippen LogP contribution in [0.4, 0.5) is 0 Å². The third-order valence-corrected chi connectivity index (χ3v) is 4.94. The van der Waals surface area contributed by atoms with Crippen LogP contribution < -0.4 is 10.9 Å². The van der Waals surface area contributed by atoms with Crippen molar-refractivity contribution in [3.63, 3.8) is 0 Å². The topological polar surface area (TPSA) is 101 Å². The molecule has 0 saturated carbocycles. The monoisotopic (exact) mass is 355 g/mol. The highest BCUT2D eigenvalue weighted by molar-refractivity contribution is 6.06. The first-order valence-corrected chi connectivity index (χ1v) is 8.62. The molecule has 0 spiro atoms. The Morgan fingerprint density at radius 2 is 2.12 bits per heavy atom. The van der Waals surface area contributed by atoms with Crippen LogP contribution in [-0.4, -0.2) is 15.9 Å². The van der Waals surface area contributed by atoms with Gasteiger partial charge in [0.15, 0.2) is 0 Å². The minimum Gasteiger partial charge on any atom is -0.466 e. The summed E-state index contributed by atoms with van der Waals surface area (Å²) in [5, 5.41) is 3.25. The van der Waals surface area contributed by atoms with E-state index in [1.54, 1.807) is 6.92 Å². The lowest BCUT2D eigenvalue weighted by Crippen LogP contribution is -2.36. The van der Waals surface area contributed by atoms with E-state index in [0.717, 1.165) is 29.9 Å². The molecule has 7 heteroatoms. The Labute approximate surface area is 149 Å². The number of carbonyl (C=O) groups is 1. The molecule has 1 aliphatic rings. The number of aromatic amines is 1. The fraction of sp³-hybridized carbons (Fsp3) is 0.421. The van der Waals surface area contributed by atoms with E-state index < -0.39 is 0 Å². The number of furan rings is 2. The Morgan fingerprint density at radius 3 is 2.88 bits per heavy atom. The van der Waals surface area contributed by atoms with E-state index in [1.165, 1.54) is 6.33 Å². The summed E-state index contributed by atoms with van der Waals surface area (Å²) < 4.78 is 11.3. The molecule has 3 aromatic heterocycles. The van der Waals surface area contributed by atoms with Gasteiger partial charge >= 0.3 is 0 Å². The number of nitrogens with one attached hydrogen (secondary N) is 2. The van der Waals surface area contributed by atoms with Gasteiger partial charge in [0.05, 0.1) is 17.9 Å². The number of H-pyrrole nitrogens is 1. The van der Waals surface area contributed by atoms with Gasteiger partial charge in [-0.25, -0.2) is 4.98 Å². The maximum absolute atomic E-state index is 13.0. The van der Waals surface area contributed by atoms with Gasteiger partial charge in [-0.1, -0.05) is 13.8 Å². The van der Waals surface area contributed by atoms with E-state index in [0.29, 0.717) is 5.76 Å². The Morgan fingerprint density at radius 1 is 1.35 bits per heavy atom. The number of fused-ring (bicyclic) bond motifs is 2. The Bertz CT molecular complexity index is 1070. The second-order valence-corrected chi connectivity index (χ2v) is 7.75. The summed E-state index contributed by atoms with van der Waals surface area (Å²) in [7, 11) is 0. The second-order valence-electron chi connectivity index (χ2n) is 7.75. The van der Waals surface area contributed by atoms with Gasteiger partial charge in [-0.2, -0.15) is 0 Å². The Hall–Kier alpha value is -2.83. The predicted molar refractivity (Wildman–Crippen MR) is 95.1 cm³/mol. The molecule has 1 atom stereocenters. The molecule has 0 saturated heterocycles. The van der Waals surface area contributed by atoms with E-state index in [1.807, 2.05) is 13.0 Å². The SMILES string of the molecule is Cc1cc2c(o1)CC(C)(C)CC2NC(=O)c1c(C)oc2nc[nH]c(=O)c12. The minimum absolute atomic E-state index is 0.00176. The summed E-state index contributed by atoms with van der Waals surface area (Å²) in [5.41, 5.74) is 1.02. The fourth-order valence-corrected chi connectivity index (χ4v) is 3.87. The zero-order valence-electron chi connectivity index (χ0n) is 15.2. The number of nitrogens with zero attached hydrogens (tertiary/aromatic N) is 1. The first-order chi connectivity index (χ1) is 12.2. The van der Waals surface area contributed by atoms with E-state index in [4.69, 9.17) is 8.83 Å². The maximum atomic E-state index is 13.0. The molecule has 0 radical (unpaired) electrons. The van der Waals surface area contributed by atoms with Crippen molar-refractivity contribution in [3.8, 4) is 0 Å². The molecular weight excluding hydrogens is 334 g/mol. The summed E-state index contributed by atoms with van der Waals surface area (Å²) in [6, 6.07) is 1.79. The van der Waals surface area contributed by atoms with Gasteiger partial charge in [-0.3, -0.25) is 9.59 Å². The number of rotatable bonds is 2. The number of aryl methyl sites for hydroxylation is 2. The van der Waals surface area contributed by atoms with Crippen LogP contribution in [0.2, 0.25) is 0 Å². The number of hydrogen-bond acceptors (Lipinski definition) is 5. The fourth-order valence-electron chi connectivity index (χ4n) is 3.87. The summed E-state index contributed by atoms with van der Waals surface area (Å²) >= 11 is 0. The largest absolute Gasteiger partial charge is 0.466 e. The molecule has 7 nitrogen and oxygen atoms in total. The molecule has 1 amide bonds. The van der Waals surface area contributed by atoms with Gasteiger partial charge in [-0.05, 0) is 31.7 Å². The van der Waals surface area contributed by atoms with Crippen LogP contribution in [0.25, 0.3) is 11.1 Å². The molecule has 0 bridgehead atoms. The van der Waals surface area contributed by atoms with Crippen LogP contribution in [0.15, 0.2) is 26.0 Å². The second kappa shape index (κ2) is 5.59. The maximum Gasteiger partial charge on any atom is 0.262 e. The van der Waals surface area contributed by atoms with Crippen molar-refractivity contribution in [2.45, 2.75) is 46.6 Å². The van der Waals surface area contributed by atoms with E-state index in [-0.39, 0.29) is 39.6 Å². The Balaban J connectivity index is 1.73. The standard InChI is InChI=1S/C19H21N3O4/c1-9-5-11-12(6-19(3,4)7-13(11)25-9)22-17(24)14-10(2)26-18-15(14)16(23)20-8-21-18/h5,8,12H,6-7H2,1-4H3,(H,22,24)(H,20,21,23). The van der Waals surface area contributed by atoms with Crippen LogP contribution in [0.3, 0.4) is 0 Å². The molecule has 2 N–H and O–H groups in total.